The molecule has 1 aromatic heterocycles. The molecule has 2 atom stereocenters. The van der Waals surface area contributed by atoms with Crippen molar-refractivity contribution in [2.45, 2.75) is 19.3 Å². The number of aryl methyl sites for hydroxylation is 1. The fourth-order valence-electron chi connectivity index (χ4n) is 1.50. The minimum Gasteiger partial charge on any atom is -0.330 e. The molecule has 1 aliphatic carbocycles. The highest BCUT2D eigenvalue weighted by molar-refractivity contribution is 7.09. The summed E-state index contributed by atoms with van der Waals surface area (Å²) in [5, 5.41) is 0. The van der Waals surface area contributed by atoms with Crippen LogP contribution < -0.4 is 5.73 Å². The van der Waals surface area contributed by atoms with Crippen molar-refractivity contribution < 1.29 is 0 Å². The van der Waals surface area contributed by atoms with Crippen molar-refractivity contribution in [2.24, 2.45) is 11.7 Å². The minimum atomic E-state index is 0.743. The zero-order valence-electron chi connectivity index (χ0n) is 6.58. The van der Waals surface area contributed by atoms with E-state index in [4.69, 9.17) is 5.73 Å². The van der Waals surface area contributed by atoms with Crippen LogP contribution in [0.25, 0.3) is 0 Å². The van der Waals surface area contributed by atoms with Crippen LogP contribution in [0.5, 0.6) is 0 Å². The number of nitrogens with two attached hydrogens (primary N) is 1. The summed E-state index contributed by atoms with van der Waals surface area (Å²) in [4.78, 5) is 5.68. The molecule has 1 saturated carbocycles. The summed E-state index contributed by atoms with van der Waals surface area (Å²) in [6, 6.07) is 0. The Morgan fingerprint density at radius 2 is 2.64 bits per heavy atom. The molecule has 0 amide bonds. The van der Waals surface area contributed by atoms with Crippen LogP contribution in [0.4, 0.5) is 0 Å². The SMILES string of the molecule is Cc1ncsc1C1CC1CN. The molecule has 11 heavy (non-hydrogen) atoms. The topological polar surface area (TPSA) is 38.9 Å². The van der Waals surface area contributed by atoms with Gasteiger partial charge in [-0.2, -0.15) is 0 Å². The Kier molecular flexibility index (Phi) is 1.69. The van der Waals surface area contributed by atoms with Crippen LogP contribution in [0, 0.1) is 12.8 Å². The summed E-state index contributed by atoms with van der Waals surface area (Å²) in [7, 11) is 0. The standard InChI is InChI=1S/C8H12N2S/c1-5-8(11-4-10-5)7-2-6(7)3-9/h4,6-7H,2-3,9H2,1H3. The lowest BCUT2D eigenvalue weighted by Crippen LogP contribution is -2.01. The van der Waals surface area contributed by atoms with E-state index in [1.807, 2.05) is 5.51 Å². The van der Waals surface area contributed by atoms with E-state index >= 15 is 0 Å². The Morgan fingerprint density at radius 1 is 1.82 bits per heavy atom. The first kappa shape index (κ1) is 7.25. The van der Waals surface area contributed by atoms with Gasteiger partial charge in [0.1, 0.15) is 0 Å². The van der Waals surface area contributed by atoms with E-state index < -0.39 is 0 Å². The lowest BCUT2D eigenvalue weighted by Gasteiger charge is -1.93. The van der Waals surface area contributed by atoms with Gasteiger partial charge in [-0.05, 0) is 31.7 Å². The monoisotopic (exact) mass is 168 g/mol. The molecule has 0 spiro atoms. The van der Waals surface area contributed by atoms with E-state index in [0.717, 1.165) is 18.4 Å². The Hall–Kier alpha value is -0.410. The quantitative estimate of drug-likeness (QED) is 0.727. The lowest BCUT2D eigenvalue weighted by atomic mass is 10.2. The van der Waals surface area contributed by atoms with Gasteiger partial charge in [-0.15, -0.1) is 11.3 Å². The molecule has 2 nitrogen and oxygen atoms in total. The summed E-state index contributed by atoms with van der Waals surface area (Å²) in [6.07, 6.45) is 1.28. The van der Waals surface area contributed by atoms with Gasteiger partial charge in [-0.1, -0.05) is 0 Å². The molecule has 0 saturated heterocycles. The molecule has 1 heterocycles. The Labute approximate surface area is 70.5 Å². The van der Waals surface area contributed by atoms with Crippen LogP contribution in [0.15, 0.2) is 5.51 Å². The van der Waals surface area contributed by atoms with Crippen molar-refractivity contribution in [3.63, 3.8) is 0 Å². The van der Waals surface area contributed by atoms with E-state index in [1.54, 1.807) is 11.3 Å². The van der Waals surface area contributed by atoms with E-state index in [0.29, 0.717) is 0 Å². The molecule has 2 N–H and O–H groups in total. The highest BCUT2D eigenvalue weighted by Crippen LogP contribution is 2.48. The largest absolute Gasteiger partial charge is 0.330 e. The van der Waals surface area contributed by atoms with Gasteiger partial charge in [0, 0.05) is 4.88 Å². The number of thiazole rings is 1. The maximum atomic E-state index is 5.56. The second-order valence-electron chi connectivity index (χ2n) is 3.14. The lowest BCUT2D eigenvalue weighted by molar-refractivity contribution is 0.812. The maximum absolute atomic E-state index is 5.56. The number of hydrogen-bond acceptors (Lipinski definition) is 3. The third-order valence-electron chi connectivity index (χ3n) is 2.34. The molecule has 2 unspecified atom stereocenters. The highest BCUT2D eigenvalue weighted by atomic mass is 32.1. The molecule has 60 valence electrons. The van der Waals surface area contributed by atoms with Gasteiger partial charge in [0.2, 0.25) is 0 Å². The molecule has 0 bridgehead atoms. The smallest absolute Gasteiger partial charge is 0.0797 e. The van der Waals surface area contributed by atoms with E-state index in [-0.39, 0.29) is 0 Å². The van der Waals surface area contributed by atoms with Gasteiger partial charge < -0.3 is 5.73 Å². The van der Waals surface area contributed by atoms with Crippen molar-refractivity contribution in [3.05, 3.63) is 16.1 Å². The molecular weight excluding hydrogens is 156 g/mol. The molecular formula is C8H12N2S. The molecule has 0 aromatic carbocycles. The fourth-order valence-corrected chi connectivity index (χ4v) is 2.51. The summed E-state index contributed by atoms with van der Waals surface area (Å²) in [5.41, 5.74) is 8.70. The summed E-state index contributed by atoms with van der Waals surface area (Å²) in [5.74, 6) is 1.49. The van der Waals surface area contributed by atoms with Gasteiger partial charge in [-0.3, -0.25) is 0 Å². The first-order valence-corrected chi connectivity index (χ1v) is 4.81. The third-order valence-corrected chi connectivity index (χ3v) is 3.41. The van der Waals surface area contributed by atoms with Crippen LogP contribution in [0.2, 0.25) is 0 Å². The Balaban J connectivity index is 2.14. The van der Waals surface area contributed by atoms with Crippen molar-refractivity contribution in [1.29, 1.82) is 0 Å². The Bertz CT molecular complexity index is 256. The second-order valence-corrected chi connectivity index (χ2v) is 4.03. The van der Waals surface area contributed by atoms with Gasteiger partial charge in [-0.25, -0.2) is 4.98 Å². The van der Waals surface area contributed by atoms with Crippen LogP contribution in [-0.4, -0.2) is 11.5 Å². The van der Waals surface area contributed by atoms with Crippen LogP contribution in [-0.2, 0) is 0 Å². The average Bonchev–Trinajstić information content (AvgIpc) is 2.68. The third kappa shape index (κ3) is 1.19. The molecule has 0 aliphatic heterocycles. The van der Waals surface area contributed by atoms with E-state index in [2.05, 4.69) is 11.9 Å². The van der Waals surface area contributed by atoms with Gasteiger partial charge in [0.15, 0.2) is 0 Å². The maximum Gasteiger partial charge on any atom is 0.0797 e. The molecule has 1 aliphatic rings. The van der Waals surface area contributed by atoms with Gasteiger partial charge in [0.05, 0.1) is 11.2 Å². The van der Waals surface area contributed by atoms with Crippen molar-refractivity contribution >= 4 is 11.3 Å². The van der Waals surface area contributed by atoms with Crippen molar-refractivity contribution in [2.75, 3.05) is 6.54 Å². The van der Waals surface area contributed by atoms with Crippen molar-refractivity contribution in [1.82, 2.24) is 4.98 Å². The molecule has 1 aromatic rings. The van der Waals surface area contributed by atoms with Crippen LogP contribution in [0.1, 0.15) is 22.9 Å². The Morgan fingerprint density at radius 3 is 3.09 bits per heavy atom. The zero-order chi connectivity index (χ0) is 7.84. The predicted octanol–water partition coefficient (Wildman–Crippen LogP) is 1.51. The average molecular weight is 168 g/mol. The second kappa shape index (κ2) is 2.57. The minimum absolute atomic E-state index is 0.743. The normalized spacial score (nSPS) is 28.9. The fraction of sp³-hybridized carbons (Fsp3) is 0.625. The first-order valence-electron chi connectivity index (χ1n) is 3.93. The molecule has 1 fully saturated rings. The predicted molar refractivity (Wildman–Crippen MR) is 46.8 cm³/mol. The van der Waals surface area contributed by atoms with Gasteiger partial charge >= 0.3 is 0 Å². The summed E-state index contributed by atoms with van der Waals surface area (Å²) < 4.78 is 0. The van der Waals surface area contributed by atoms with E-state index in [1.165, 1.54) is 17.0 Å². The number of nitrogens with zero attached hydrogens (tertiary/aromatic N) is 1. The molecule has 2 rings (SSSR count). The van der Waals surface area contributed by atoms with Crippen LogP contribution in [0.3, 0.4) is 0 Å². The van der Waals surface area contributed by atoms with Crippen LogP contribution >= 0.6 is 11.3 Å². The summed E-state index contributed by atoms with van der Waals surface area (Å²) >= 11 is 1.77. The number of rotatable bonds is 2. The molecule has 3 heteroatoms. The number of aromatic nitrogens is 1. The first-order chi connectivity index (χ1) is 5.33. The molecule has 0 radical (unpaired) electrons. The number of hydrogen-bond donors (Lipinski definition) is 1. The van der Waals surface area contributed by atoms with Crippen molar-refractivity contribution in [3.8, 4) is 0 Å². The zero-order valence-corrected chi connectivity index (χ0v) is 7.40. The van der Waals surface area contributed by atoms with E-state index in [9.17, 15) is 0 Å². The van der Waals surface area contributed by atoms with Gasteiger partial charge in [0.25, 0.3) is 0 Å². The summed E-state index contributed by atoms with van der Waals surface area (Å²) in [6.45, 7) is 2.92. The highest BCUT2D eigenvalue weighted by Gasteiger charge is 2.38.